The normalized spacial score (nSPS) is 42.5. The van der Waals surface area contributed by atoms with E-state index in [1.807, 2.05) is 0 Å². The van der Waals surface area contributed by atoms with E-state index in [0.717, 1.165) is 54.5 Å². The fourth-order valence-corrected chi connectivity index (χ4v) is 9.24. The summed E-state index contributed by atoms with van der Waals surface area (Å²) in [7, 11) is 0. The van der Waals surface area contributed by atoms with Crippen LogP contribution in [0, 0.1) is 52.3 Å². The minimum absolute atomic E-state index is 0.450. The van der Waals surface area contributed by atoms with Crippen molar-refractivity contribution < 1.29 is 4.74 Å². The summed E-state index contributed by atoms with van der Waals surface area (Å²) in [4.78, 5) is 0. The Kier molecular flexibility index (Phi) is 7.89. The molecule has 0 aromatic heterocycles. The maximum Gasteiger partial charge on any atom is 0.0612 e. The predicted molar refractivity (Wildman–Crippen MR) is 142 cm³/mol. The van der Waals surface area contributed by atoms with Crippen LogP contribution in [0.3, 0.4) is 0 Å². The Balaban J connectivity index is 1.48. The lowest BCUT2D eigenvalue weighted by Crippen LogP contribution is -2.50. The van der Waals surface area contributed by atoms with Gasteiger partial charge in [-0.15, -0.1) is 0 Å². The van der Waals surface area contributed by atoms with Crippen LogP contribution in [0.15, 0.2) is 23.8 Å². The van der Waals surface area contributed by atoms with Crippen molar-refractivity contribution >= 4 is 0 Å². The molecule has 0 spiro atoms. The lowest BCUT2D eigenvalue weighted by atomic mass is 9.47. The molecule has 4 rings (SSSR count). The first-order valence-corrected chi connectivity index (χ1v) is 14.7. The van der Waals surface area contributed by atoms with E-state index in [0.29, 0.717) is 16.9 Å². The number of allylic oxidation sites excluding steroid dienone is 3. The van der Waals surface area contributed by atoms with Crippen LogP contribution in [-0.2, 0) is 4.74 Å². The summed E-state index contributed by atoms with van der Waals surface area (Å²) in [6.07, 6.45) is 21.8. The maximum absolute atomic E-state index is 6.20. The highest BCUT2D eigenvalue weighted by atomic mass is 16.5. The minimum Gasteiger partial charge on any atom is -0.378 e. The Hall–Kier alpha value is -0.560. The third kappa shape index (κ3) is 4.66. The average molecular weight is 455 g/mol. The Morgan fingerprint density at radius 3 is 2.48 bits per heavy atom. The van der Waals surface area contributed by atoms with Gasteiger partial charge in [-0.25, -0.2) is 0 Å². The van der Waals surface area contributed by atoms with Gasteiger partial charge in [-0.3, -0.25) is 0 Å². The molecule has 4 aliphatic carbocycles. The van der Waals surface area contributed by atoms with Crippen LogP contribution in [0.2, 0.25) is 0 Å². The lowest BCUT2D eigenvalue weighted by molar-refractivity contribution is -0.0612. The molecule has 0 aromatic rings. The summed E-state index contributed by atoms with van der Waals surface area (Å²) >= 11 is 0. The lowest BCUT2D eigenvalue weighted by Gasteiger charge is -2.58. The minimum atomic E-state index is 0.450. The van der Waals surface area contributed by atoms with E-state index >= 15 is 0 Å². The van der Waals surface area contributed by atoms with Gasteiger partial charge in [0.1, 0.15) is 0 Å². The Labute approximate surface area is 206 Å². The summed E-state index contributed by atoms with van der Waals surface area (Å²) in [5.41, 5.74) is 2.77. The van der Waals surface area contributed by atoms with Crippen LogP contribution in [0.4, 0.5) is 0 Å². The van der Waals surface area contributed by atoms with E-state index in [1.165, 1.54) is 57.8 Å². The molecule has 0 aliphatic heterocycles. The third-order valence-electron chi connectivity index (χ3n) is 11.3. The van der Waals surface area contributed by atoms with Crippen molar-refractivity contribution in [2.75, 3.05) is 6.61 Å². The van der Waals surface area contributed by atoms with Gasteiger partial charge in [0.15, 0.2) is 0 Å². The number of ether oxygens (including phenoxy) is 1. The maximum atomic E-state index is 6.20. The summed E-state index contributed by atoms with van der Waals surface area (Å²) < 4.78 is 6.20. The smallest absolute Gasteiger partial charge is 0.0612 e. The van der Waals surface area contributed by atoms with Crippen molar-refractivity contribution in [3.63, 3.8) is 0 Å². The molecule has 33 heavy (non-hydrogen) atoms. The molecule has 188 valence electrons. The van der Waals surface area contributed by atoms with Crippen molar-refractivity contribution in [1.29, 1.82) is 0 Å². The van der Waals surface area contributed by atoms with Gasteiger partial charge in [0.05, 0.1) is 6.10 Å². The molecule has 0 N–H and O–H groups in total. The highest BCUT2D eigenvalue weighted by Gasteiger charge is 2.59. The Bertz CT molecular complexity index is 718. The van der Waals surface area contributed by atoms with Crippen molar-refractivity contribution in [3.05, 3.63) is 23.8 Å². The molecular weight excluding hydrogens is 400 g/mol. The van der Waals surface area contributed by atoms with Crippen LogP contribution in [0.1, 0.15) is 113 Å². The number of fused-ring (bicyclic) bond motifs is 5. The molecular formula is C32H54O. The van der Waals surface area contributed by atoms with Crippen LogP contribution in [-0.4, -0.2) is 12.7 Å². The van der Waals surface area contributed by atoms with Gasteiger partial charge in [-0.05, 0) is 116 Å². The Morgan fingerprint density at radius 2 is 1.79 bits per heavy atom. The number of hydrogen-bond acceptors (Lipinski definition) is 1. The zero-order chi connectivity index (χ0) is 23.8. The largest absolute Gasteiger partial charge is 0.378 e. The number of hydrogen-bond donors (Lipinski definition) is 0. The zero-order valence-electron chi connectivity index (χ0n) is 23.0. The SMILES string of the molecule is CCCO[C@H]1CC[C@@]2(C)C(=CC[C@H]3[C@@H]4CC[C@H]([C@H](C)/C=C/[C@@H](CC)C(C)C)[C@@]4(C)CC[C@@H]32)C1. The van der Waals surface area contributed by atoms with Crippen LogP contribution < -0.4 is 0 Å². The van der Waals surface area contributed by atoms with Gasteiger partial charge in [0.25, 0.3) is 0 Å². The molecule has 0 saturated heterocycles. The second-order valence-electron chi connectivity index (χ2n) is 13.3. The molecule has 0 bridgehead atoms. The van der Waals surface area contributed by atoms with E-state index in [-0.39, 0.29) is 0 Å². The van der Waals surface area contributed by atoms with Crippen LogP contribution in [0.25, 0.3) is 0 Å². The molecule has 4 aliphatic rings. The molecule has 0 amide bonds. The van der Waals surface area contributed by atoms with Gasteiger partial charge < -0.3 is 4.74 Å². The molecule has 3 fully saturated rings. The van der Waals surface area contributed by atoms with E-state index in [1.54, 1.807) is 5.57 Å². The quantitative estimate of drug-likeness (QED) is 0.332. The molecule has 0 heterocycles. The Morgan fingerprint density at radius 1 is 1.00 bits per heavy atom. The highest BCUT2D eigenvalue weighted by Crippen LogP contribution is 2.67. The summed E-state index contributed by atoms with van der Waals surface area (Å²) in [5, 5.41) is 0. The standard InChI is InChI=1S/C32H54O/c1-8-20-33-26-16-18-31(6)25(21-26)12-13-27-29-15-14-28(32(29,7)19-17-30(27)31)23(5)10-11-24(9-2)22(3)4/h10-12,22-24,26-30H,8-9,13-21H2,1-7H3/b11-10+/t23-,24-,26+,27+,28-,29+,30+,31+,32-/m1/s1. The first kappa shape index (κ1) is 25.5. The highest BCUT2D eigenvalue weighted by molar-refractivity contribution is 5.25. The van der Waals surface area contributed by atoms with Crippen molar-refractivity contribution in [2.24, 2.45) is 52.3 Å². The topological polar surface area (TPSA) is 9.23 Å². The average Bonchev–Trinajstić information content (AvgIpc) is 3.15. The molecule has 3 saturated carbocycles. The van der Waals surface area contributed by atoms with Gasteiger partial charge in [-0.2, -0.15) is 0 Å². The number of rotatable bonds is 8. The molecule has 0 aromatic carbocycles. The molecule has 1 heteroatoms. The van der Waals surface area contributed by atoms with E-state index in [2.05, 4.69) is 66.7 Å². The first-order valence-electron chi connectivity index (χ1n) is 14.7. The molecule has 0 unspecified atom stereocenters. The van der Waals surface area contributed by atoms with Crippen molar-refractivity contribution in [1.82, 2.24) is 0 Å². The third-order valence-corrected chi connectivity index (χ3v) is 11.3. The molecule has 0 radical (unpaired) electrons. The zero-order valence-corrected chi connectivity index (χ0v) is 23.0. The molecule has 1 nitrogen and oxygen atoms in total. The van der Waals surface area contributed by atoms with Gasteiger partial charge >= 0.3 is 0 Å². The predicted octanol–water partition coefficient (Wildman–Crippen LogP) is 9.24. The van der Waals surface area contributed by atoms with Gasteiger partial charge in [0.2, 0.25) is 0 Å². The van der Waals surface area contributed by atoms with E-state index in [9.17, 15) is 0 Å². The second kappa shape index (κ2) is 10.2. The molecule has 9 atom stereocenters. The van der Waals surface area contributed by atoms with E-state index in [4.69, 9.17) is 4.74 Å². The van der Waals surface area contributed by atoms with Crippen LogP contribution in [0.5, 0.6) is 0 Å². The van der Waals surface area contributed by atoms with Gasteiger partial charge in [-0.1, -0.05) is 72.3 Å². The van der Waals surface area contributed by atoms with Crippen LogP contribution >= 0.6 is 0 Å². The summed E-state index contributed by atoms with van der Waals surface area (Å²) in [6.45, 7) is 18.2. The summed E-state index contributed by atoms with van der Waals surface area (Å²) in [5.74, 6) is 5.87. The summed E-state index contributed by atoms with van der Waals surface area (Å²) in [6, 6.07) is 0. The first-order chi connectivity index (χ1) is 15.7. The monoisotopic (exact) mass is 454 g/mol. The van der Waals surface area contributed by atoms with Crippen molar-refractivity contribution in [3.8, 4) is 0 Å². The van der Waals surface area contributed by atoms with E-state index < -0.39 is 0 Å². The fraction of sp³-hybridized carbons (Fsp3) is 0.875. The fourth-order valence-electron chi connectivity index (χ4n) is 9.24. The second-order valence-corrected chi connectivity index (χ2v) is 13.3. The van der Waals surface area contributed by atoms with Crippen molar-refractivity contribution in [2.45, 2.75) is 119 Å². The van der Waals surface area contributed by atoms with Gasteiger partial charge in [0, 0.05) is 6.61 Å².